The third-order valence-electron chi connectivity index (χ3n) is 7.89. The molecular weight excluding hydrogens is 548 g/mol. The van der Waals surface area contributed by atoms with E-state index in [0.29, 0.717) is 35.2 Å². The van der Waals surface area contributed by atoms with E-state index in [9.17, 15) is 9.59 Å². The van der Waals surface area contributed by atoms with E-state index < -0.39 is 0 Å². The monoisotopic (exact) mass is 580 g/mol. The maximum Gasteiger partial charge on any atom is 0.251 e. The molecule has 0 saturated heterocycles. The fourth-order valence-corrected chi connectivity index (χ4v) is 5.15. The van der Waals surface area contributed by atoms with E-state index >= 15 is 0 Å². The van der Waals surface area contributed by atoms with Crippen molar-refractivity contribution in [2.24, 2.45) is 0 Å². The van der Waals surface area contributed by atoms with Crippen LogP contribution in [-0.4, -0.2) is 44.8 Å². The van der Waals surface area contributed by atoms with Gasteiger partial charge in [-0.15, -0.1) is 0 Å². The molecule has 0 aliphatic rings. The molecule has 0 saturated carbocycles. The molecule has 2 amide bonds. The van der Waals surface area contributed by atoms with Crippen LogP contribution in [0.2, 0.25) is 0 Å². The van der Waals surface area contributed by atoms with E-state index in [1.165, 1.54) is 0 Å². The Morgan fingerprint density at radius 1 is 0.523 bits per heavy atom. The summed E-state index contributed by atoms with van der Waals surface area (Å²) in [6, 6.07) is 27.6. The van der Waals surface area contributed by atoms with Crippen LogP contribution in [-0.2, 0) is 0 Å². The third-order valence-corrected chi connectivity index (χ3v) is 7.89. The van der Waals surface area contributed by atoms with Crippen molar-refractivity contribution in [3.63, 3.8) is 0 Å². The minimum absolute atomic E-state index is 0.126. The van der Waals surface area contributed by atoms with Crippen LogP contribution in [0.25, 0.3) is 33.2 Å². The molecule has 6 rings (SSSR count). The molecule has 8 nitrogen and oxygen atoms in total. The molecule has 0 aliphatic heterocycles. The predicted octanol–water partition coefficient (Wildman–Crippen LogP) is 6.31. The number of amides is 2. The quantitative estimate of drug-likeness (QED) is 0.208. The number of aromatic nitrogens is 4. The molecule has 8 heteroatoms. The molecular formula is C36H32N6O2. The number of nitrogens with one attached hydrogen (secondary N) is 2. The minimum atomic E-state index is -0.126. The summed E-state index contributed by atoms with van der Waals surface area (Å²) in [4.78, 5) is 42.6. The molecule has 218 valence electrons. The first-order valence-corrected chi connectivity index (χ1v) is 14.6. The maximum atomic E-state index is 12.7. The fraction of sp³-hybridized carbons (Fsp3) is 0.167. The summed E-state index contributed by atoms with van der Waals surface area (Å²) >= 11 is 0. The summed E-state index contributed by atoms with van der Waals surface area (Å²) < 4.78 is 0. The van der Waals surface area contributed by atoms with Crippen LogP contribution in [0.4, 0.5) is 0 Å². The topological polar surface area (TPSA) is 110 Å². The molecule has 6 aromatic rings. The Hall–Kier alpha value is -5.50. The van der Waals surface area contributed by atoms with Crippen LogP contribution in [0.1, 0.15) is 57.5 Å². The summed E-state index contributed by atoms with van der Waals surface area (Å²) in [5, 5.41) is 6.08. The highest BCUT2D eigenvalue weighted by molar-refractivity contribution is 5.98. The van der Waals surface area contributed by atoms with Crippen molar-refractivity contribution in [1.82, 2.24) is 30.6 Å². The van der Waals surface area contributed by atoms with Gasteiger partial charge < -0.3 is 10.6 Å². The number of hydrogen-bond acceptors (Lipinski definition) is 6. The lowest BCUT2D eigenvalue weighted by atomic mass is 9.95. The van der Waals surface area contributed by atoms with Crippen LogP contribution in [0, 0.1) is 0 Å². The van der Waals surface area contributed by atoms with Crippen LogP contribution in [0.3, 0.4) is 0 Å². The van der Waals surface area contributed by atoms with Gasteiger partial charge in [-0.05, 0) is 70.5 Å². The summed E-state index contributed by atoms with van der Waals surface area (Å²) in [7, 11) is 0. The Morgan fingerprint density at radius 2 is 0.886 bits per heavy atom. The SMILES string of the molecule is CC(CNC(=O)c1ccc2nccnc2c1)c1ccc(-c2ccc(C(C)CNC(=O)c3ccc4nccnc4c3)cc2)cc1. The molecule has 0 spiro atoms. The van der Waals surface area contributed by atoms with Crippen molar-refractivity contribution in [1.29, 1.82) is 0 Å². The molecule has 2 unspecified atom stereocenters. The molecule has 2 aromatic heterocycles. The van der Waals surface area contributed by atoms with Crippen LogP contribution in [0.15, 0.2) is 110 Å². The number of rotatable bonds is 9. The van der Waals surface area contributed by atoms with Gasteiger partial charge in [0.25, 0.3) is 11.8 Å². The second-order valence-corrected chi connectivity index (χ2v) is 11.0. The van der Waals surface area contributed by atoms with Gasteiger partial charge in [-0.1, -0.05) is 62.4 Å². The lowest BCUT2D eigenvalue weighted by Crippen LogP contribution is -2.27. The second kappa shape index (κ2) is 12.8. The molecule has 0 radical (unpaired) electrons. The Morgan fingerprint density at radius 3 is 1.27 bits per heavy atom. The van der Waals surface area contributed by atoms with Gasteiger partial charge in [-0.3, -0.25) is 29.5 Å². The molecule has 0 bridgehead atoms. The smallest absolute Gasteiger partial charge is 0.251 e. The number of fused-ring (bicyclic) bond motifs is 2. The number of carbonyl (C=O) groups is 2. The predicted molar refractivity (Wildman–Crippen MR) is 172 cm³/mol. The van der Waals surface area contributed by atoms with Gasteiger partial charge in [0.15, 0.2) is 0 Å². The van der Waals surface area contributed by atoms with Crippen molar-refractivity contribution >= 4 is 33.9 Å². The number of hydrogen-bond donors (Lipinski definition) is 2. The summed E-state index contributed by atoms with van der Waals surface area (Å²) in [5.74, 6) is 0.0420. The highest BCUT2D eigenvalue weighted by Crippen LogP contribution is 2.25. The molecule has 0 fully saturated rings. The van der Waals surface area contributed by atoms with E-state index in [2.05, 4.69) is 92.9 Å². The van der Waals surface area contributed by atoms with E-state index in [1.807, 2.05) is 12.1 Å². The molecule has 2 heterocycles. The highest BCUT2D eigenvalue weighted by Gasteiger charge is 2.13. The zero-order valence-corrected chi connectivity index (χ0v) is 24.6. The van der Waals surface area contributed by atoms with Gasteiger partial charge in [0.2, 0.25) is 0 Å². The van der Waals surface area contributed by atoms with Crippen molar-refractivity contribution in [3.05, 3.63) is 132 Å². The van der Waals surface area contributed by atoms with E-state index in [1.54, 1.807) is 49.1 Å². The standard InChI is InChI=1S/C36H32N6O2/c1-23(21-41-35(43)29-11-13-31-33(19-29)39-17-15-37-31)25-3-7-27(8-4-25)28-9-5-26(6-10-28)24(2)22-42-36(44)30-12-14-32-34(20-30)40-18-16-38-32/h3-20,23-24H,21-22H2,1-2H3,(H,41,43)(H,42,44). The third kappa shape index (κ3) is 6.44. The number of benzene rings is 4. The molecule has 2 atom stereocenters. The van der Waals surface area contributed by atoms with Crippen LogP contribution >= 0.6 is 0 Å². The van der Waals surface area contributed by atoms with Crippen molar-refractivity contribution in [2.45, 2.75) is 25.7 Å². The number of nitrogens with zero attached hydrogens (tertiary/aromatic N) is 4. The average Bonchev–Trinajstić information content (AvgIpc) is 3.09. The fourth-order valence-electron chi connectivity index (χ4n) is 5.15. The molecule has 4 aromatic carbocycles. The Kier molecular flexibility index (Phi) is 8.32. The van der Waals surface area contributed by atoms with Gasteiger partial charge in [0.05, 0.1) is 22.1 Å². The first-order chi connectivity index (χ1) is 21.4. The summed E-state index contributed by atoms with van der Waals surface area (Å²) in [6.45, 7) is 5.25. The molecule has 0 aliphatic carbocycles. The Labute approximate surface area is 255 Å². The first kappa shape index (κ1) is 28.6. The lowest BCUT2D eigenvalue weighted by Gasteiger charge is -2.15. The first-order valence-electron chi connectivity index (χ1n) is 14.6. The Bertz CT molecular complexity index is 1800. The van der Waals surface area contributed by atoms with Gasteiger partial charge in [0.1, 0.15) is 0 Å². The minimum Gasteiger partial charge on any atom is -0.351 e. The van der Waals surface area contributed by atoms with E-state index in [-0.39, 0.29) is 23.7 Å². The zero-order chi connectivity index (χ0) is 30.5. The van der Waals surface area contributed by atoms with E-state index in [0.717, 1.165) is 33.3 Å². The Balaban J connectivity index is 1.01. The summed E-state index contributed by atoms with van der Waals surface area (Å²) in [5.41, 5.74) is 8.61. The van der Waals surface area contributed by atoms with Crippen molar-refractivity contribution in [3.8, 4) is 11.1 Å². The molecule has 44 heavy (non-hydrogen) atoms. The zero-order valence-electron chi connectivity index (χ0n) is 24.6. The van der Waals surface area contributed by atoms with Gasteiger partial charge in [-0.2, -0.15) is 0 Å². The van der Waals surface area contributed by atoms with E-state index in [4.69, 9.17) is 0 Å². The largest absolute Gasteiger partial charge is 0.351 e. The maximum absolute atomic E-state index is 12.7. The van der Waals surface area contributed by atoms with Gasteiger partial charge in [-0.25, -0.2) is 0 Å². The van der Waals surface area contributed by atoms with Gasteiger partial charge in [0, 0.05) is 49.0 Å². The summed E-state index contributed by atoms with van der Waals surface area (Å²) in [6.07, 6.45) is 6.52. The number of carbonyl (C=O) groups excluding carboxylic acids is 2. The molecule has 2 N–H and O–H groups in total. The van der Waals surface area contributed by atoms with Crippen LogP contribution in [0.5, 0.6) is 0 Å². The van der Waals surface area contributed by atoms with Crippen molar-refractivity contribution in [2.75, 3.05) is 13.1 Å². The lowest BCUT2D eigenvalue weighted by molar-refractivity contribution is 0.0943. The second-order valence-electron chi connectivity index (χ2n) is 11.0. The highest BCUT2D eigenvalue weighted by atomic mass is 16.2. The van der Waals surface area contributed by atoms with Crippen molar-refractivity contribution < 1.29 is 9.59 Å². The average molecular weight is 581 g/mol. The normalized spacial score (nSPS) is 12.5. The van der Waals surface area contributed by atoms with Gasteiger partial charge >= 0.3 is 0 Å². The van der Waals surface area contributed by atoms with Crippen LogP contribution < -0.4 is 10.6 Å².